The Morgan fingerprint density at radius 2 is 1.73 bits per heavy atom. The van der Waals surface area contributed by atoms with Gasteiger partial charge in [0.25, 0.3) is 0 Å². The predicted octanol–water partition coefficient (Wildman–Crippen LogP) is 2.83. The molecule has 0 fully saturated rings. The molecule has 3 heteroatoms. The van der Waals surface area contributed by atoms with Crippen LogP contribution in [0.1, 0.15) is 5.69 Å². The molecular formula is C12H9NPtS-. The van der Waals surface area contributed by atoms with Gasteiger partial charge in [0.2, 0.25) is 0 Å². The summed E-state index contributed by atoms with van der Waals surface area (Å²) in [6.07, 6.45) is 0. The van der Waals surface area contributed by atoms with Crippen LogP contribution < -0.4 is 0 Å². The van der Waals surface area contributed by atoms with E-state index in [1.165, 1.54) is 0 Å². The van der Waals surface area contributed by atoms with E-state index in [-0.39, 0.29) is 21.1 Å². The van der Waals surface area contributed by atoms with Gasteiger partial charge in [-0.1, -0.05) is 30.3 Å². The van der Waals surface area contributed by atoms with E-state index in [0.29, 0.717) is 0 Å². The zero-order valence-corrected chi connectivity index (χ0v) is 11.0. The first-order chi connectivity index (χ1) is 6.77. The summed E-state index contributed by atoms with van der Waals surface area (Å²) in [6.45, 7) is 3.79. The molecule has 0 saturated heterocycles. The molecule has 0 saturated carbocycles. The van der Waals surface area contributed by atoms with Crippen LogP contribution >= 0.6 is 0 Å². The average Bonchev–Trinajstić information content (AvgIpc) is 2.18. The normalized spacial score (nSPS) is 9.40. The van der Waals surface area contributed by atoms with Crippen molar-refractivity contribution in [3.63, 3.8) is 0 Å². The molecule has 2 aromatic rings. The van der Waals surface area contributed by atoms with Crippen molar-refractivity contribution in [2.45, 2.75) is 4.90 Å². The summed E-state index contributed by atoms with van der Waals surface area (Å²) in [6, 6.07) is 13.5. The molecule has 0 aliphatic rings. The molecule has 1 aromatic carbocycles. The Hall–Kier alpha value is -0.722. The molecule has 1 heterocycles. The second-order valence-corrected chi connectivity index (χ2v) is 3.45. The molecule has 0 unspecified atom stereocenters. The first-order valence-electron chi connectivity index (χ1n) is 4.33. The number of rotatable bonds is 1. The molecule has 0 aliphatic carbocycles. The zero-order chi connectivity index (χ0) is 9.97. The van der Waals surface area contributed by atoms with Gasteiger partial charge < -0.3 is 12.6 Å². The van der Waals surface area contributed by atoms with Crippen LogP contribution in [0.2, 0.25) is 0 Å². The number of aromatic nitrogens is 1. The maximum atomic E-state index is 5.22. The van der Waals surface area contributed by atoms with E-state index in [4.69, 9.17) is 12.6 Å². The van der Waals surface area contributed by atoms with Gasteiger partial charge in [0.15, 0.2) is 0 Å². The maximum Gasteiger partial charge on any atom is 0.0690 e. The second kappa shape index (κ2) is 5.39. The first kappa shape index (κ1) is 12.3. The number of hydrogen-bond donors (Lipinski definition) is 0. The monoisotopic (exact) mass is 394 g/mol. The topological polar surface area (TPSA) is 12.9 Å². The number of hydrogen-bond acceptors (Lipinski definition) is 2. The molecule has 0 atom stereocenters. The molecular weight excluding hydrogens is 385 g/mol. The third-order valence-electron chi connectivity index (χ3n) is 1.97. The van der Waals surface area contributed by atoms with Gasteiger partial charge in [-0.15, -0.1) is 0 Å². The minimum atomic E-state index is 0. The number of nitrogens with zero attached hydrogens (tertiary/aromatic N) is 1. The molecule has 2 rings (SSSR count). The van der Waals surface area contributed by atoms with Crippen molar-refractivity contribution in [3.05, 3.63) is 55.1 Å². The summed E-state index contributed by atoms with van der Waals surface area (Å²) < 4.78 is 0. The number of benzene rings is 1. The first-order valence-corrected chi connectivity index (χ1v) is 4.73. The minimum absolute atomic E-state index is 0. The van der Waals surface area contributed by atoms with Gasteiger partial charge in [0.1, 0.15) is 0 Å². The quantitative estimate of drug-likeness (QED) is 0.690. The van der Waals surface area contributed by atoms with Crippen molar-refractivity contribution < 1.29 is 21.1 Å². The Morgan fingerprint density at radius 1 is 1.00 bits per heavy atom. The van der Waals surface area contributed by atoms with Gasteiger partial charge in [0, 0.05) is 26.8 Å². The second-order valence-electron chi connectivity index (χ2n) is 3.01. The van der Waals surface area contributed by atoms with Crippen LogP contribution in [-0.4, -0.2) is 4.98 Å². The predicted molar refractivity (Wildman–Crippen MR) is 59.8 cm³/mol. The number of pyridine rings is 1. The molecule has 0 bridgehead atoms. The summed E-state index contributed by atoms with van der Waals surface area (Å²) in [5.41, 5.74) is 2.65. The van der Waals surface area contributed by atoms with Gasteiger partial charge in [-0.2, -0.15) is 4.90 Å². The maximum absolute atomic E-state index is 5.22. The summed E-state index contributed by atoms with van der Waals surface area (Å²) >= 11 is 5.22. The fraction of sp³-hybridized carbons (Fsp3) is 0. The van der Waals surface area contributed by atoms with Crippen LogP contribution in [0.4, 0.5) is 0 Å². The van der Waals surface area contributed by atoms with Crippen LogP contribution in [0.5, 0.6) is 0 Å². The van der Waals surface area contributed by atoms with E-state index >= 15 is 0 Å². The Balaban J connectivity index is 0.00000112. The molecule has 1 radical (unpaired) electrons. The Labute approximate surface area is 110 Å². The zero-order valence-electron chi connectivity index (χ0n) is 7.92. The van der Waals surface area contributed by atoms with Crippen LogP contribution in [0.15, 0.2) is 47.4 Å². The standard InChI is InChI=1S/C12H10NS.Pt/c1-9-5-4-7-11(13-9)10-6-2-3-8-12(10)14;/h2-8,14H,1H2;/p-1. The summed E-state index contributed by atoms with van der Waals surface area (Å²) in [5, 5.41) is 0. The Kier molecular flexibility index (Phi) is 4.43. The van der Waals surface area contributed by atoms with Gasteiger partial charge in [0.05, 0.1) is 5.69 Å². The molecule has 79 valence electrons. The van der Waals surface area contributed by atoms with E-state index in [9.17, 15) is 0 Å². The molecule has 0 N–H and O–H groups in total. The molecule has 0 aliphatic heterocycles. The van der Waals surface area contributed by atoms with Crippen molar-refractivity contribution in [1.82, 2.24) is 4.98 Å². The van der Waals surface area contributed by atoms with Crippen LogP contribution in [0, 0.1) is 6.92 Å². The summed E-state index contributed by atoms with van der Waals surface area (Å²) in [5.74, 6) is 0. The van der Waals surface area contributed by atoms with E-state index in [2.05, 4.69) is 11.9 Å². The third-order valence-corrected chi connectivity index (χ3v) is 2.33. The molecule has 1 nitrogen and oxygen atoms in total. The van der Waals surface area contributed by atoms with E-state index in [1.54, 1.807) is 0 Å². The fourth-order valence-electron chi connectivity index (χ4n) is 1.31. The van der Waals surface area contributed by atoms with Gasteiger partial charge in [-0.25, -0.2) is 0 Å². The average molecular weight is 394 g/mol. The van der Waals surface area contributed by atoms with Gasteiger partial charge in [-0.05, 0) is 24.6 Å². The van der Waals surface area contributed by atoms with Crippen molar-refractivity contribution in [1.29, 1.82) is 0 Å². The Bertz CT molecular complexity index is 457. The molecule has 1 aromatic heterocycles. The SMILES string of the molecule is [CH2]c1cccc(-c2ccccc2[S-])n1.[Pt]. The van der Waals surface area contributed by atoms with E-state index < -0.39 is 0 Å². The van der Waals surface area contributed by atoms with Crippen LogP contribution in [0.3, 0.4) is 0 Å². The molecule has 0 spiro atoms. The summed E-state index contributed by atoms with van der Waals surface area (Å²) in [7, 11) is 0. The van der Waals surface area contributed by atoms with Crippen molar-refractivity contribution in [3.8, 4) is 11.3 Å². The minimum Gasteiger partial charge on any atom is -0.779 e. The van der Waals surface area contributed by atoms with Gasteiger partial charge in [-0.3, -0.25) is 4.98 Å². The molecule has 15 heavy (non-hydrogen) atoms. The smallest absolute Gasteiger partial charge is 0.0690 e. The fourth-order valence-corrected chi connectivity index (χ4v) is 1.56. The van der Waals surface area contributed by atoms with Crippen LogP contribution in [0.25, 0.3) is 11.3 Å². The van der Waals surface area contributed by atoms with Gasteiger partial charge >= 0.3 is 0 Å². The van der Waals surface area contributed by atoms with Crippen molar-refractivity contribution in [2.75, 3.05) is 0 Å². The third kappa shape index (κ3) is 2.87. The Morgan fingerprint density at radius 3 is 2.40 bits per heavy atom. The van der Waals surface area contributed by atoms with Crippen LogP contribution in [-0.2, 0) is 33.7 Å². The molecule has 0 amide bonds. The largest absolute Gasteiger partial charge is 0.779 e. The summed E-state index contributed by atoms with van der Waals surface area (Å²) in [4.78, 5) is 5.15. The van der Waals surface area contributed by atoms with Crippen molar-refractivity contribution >= 4 is 12.6 Å². The van der Waals surface area contributed by atoms with E-state index in [1.807, 2.05) is 42.5 Å². The van der Waals surface area contributed by atoms with E-state index in [0.717, 1.165) is 21.8 Å². The van der Waals surface area contributed by atoms with Crippen molar-refractivity contribution in [2.24, 2.45) is 0 Å².